The molecule has 1 aromatic rings. The molecule has 3 heteroatoms. The summed E-state index contributed by atoms with van der Waals surface area (Å²) in [6.45, 7) is 1.41. The Morgan fingerprint density at radius 2 is 1.89 bits per heavy atom. The average molecular weight is 262 g/mol. The molecule has 0 bridgehead atoms. The van der Waals surface area contributed by atoms with Gasteiger partial charge in [-0.1, -0.05) is 43.2 Å². The van der Waals surface area contributed by atoms with Gasteiger partial charge in [-0.3, -0.25) is 4.90 Å². The molecule has 0 radical (unpaired) electrons. The molecule has 0 amide bonds. The molecular formula is C16H26N2O. The third kappa shape index (κ3) is 3.78. The molecule has 1 saturated carbocycles. The van der Waals surface area contributed by atoms with Crippen molar-refractivity contribution in [2.45, 2.75) is 43.7 Å². The number of rotatable bonds is 6. The molecule has 1 aliphatic rings. The normalized spacial score (nSPS) is 19.8. The molecule has 0 aromatic heterocycles. The third-order valence-electron chi connectivity index (χ3n) is 4.23. The van der Waals surface area contributed by atoms with Gasteiger partial charge in [-0.15, -0.1) is 0 Å². The van der Waals surface area contributed by atoms with Gasteiger partial charge >= 0.3 is 0 Å². The summed E-state index contributed by atoms with van der Waals surface area (Å²) in [4.78, 5) is 2.27. The van der Waals surface area contributed by atoms with Crippen LogP contribution in [0.1, 0.15) is 43.7 Å². The van der Waals surface area contributed by atoms with Crippen LogP contribution in [0.5, 0.6) is 0 Å². The molecular weight excluding hydrogens is 236 g/mol. The molecule has 1 aromatic carbocycles. The lowest BCUT2D eigenvalue weighted by Crippen LogP contribution is -2.41. The van der Waals surface area contributed by atoms with Gasteiger partial charge in [0.2, 0.25) is 0 Å². The Morgan fingerprint density at radius 1 is 1.26 bits per heavy atom. The van der Waals surface area contributed by atoms with Crippen LogP contribution in [0.2, 0.25) is 0 Å². The van der Waals surface area contributed by atoms with E-state index in [4.69, 9.17) is 5.73 Å². The highest BCUT2D eigenvalue weighted by atomic mass is 16.3. The van der Waals surface area contributed by atoms with Crippen molar-refractivity contribution in [1.29, 1.82) is 0 Å². The Hall–Kier alpha value is -0.900. The van der Waals surface area contributed by atoms with Crippen molar-refractivity contribution < 1.29 is 5.11 Å². The molecule has 0 aliphatic heterocycles. The summed E-state index contributed by atoms with van der Waals surface area (Å²) in [5.41, 5.74) is 6.56. The van der Waals surface area contributed by atoms with E-state index >= 15 is 0 Å². The summed E-state index contributed by atoms with van der Waals surface area (Å²) >= 11 is 0. The van der Waals surface area contributed by atoms with Gasteiger partial charge in [0.1, 0.15) is 0 Å². The Bertz CT molecular complexity index is 374. The largest absolute Gasteiger partial charge is 0.389 e. The first-order chi connectivity index (χ1) is 9.14. The van der Waals surface area contributed by atoms with Crippen LogP contribution in [0.3, 0.4) is 0 Å². The van der Waals surface area contributed by atoms with Crippen LogP contribution >= 0.6 is 0 Å². The Labute approximate surface area is 116 Å². The standard InChI is InChI=1S/C16H26N2O/c1-18(13-16(19)10-5-6-11-16)15(9-12-17)14-7-3-2-4-8-14/h2-4,7-8,15,19H,5-6,9-13,17H2,1H3. The SMILES string of the molecule is CN(CC1(O)CCCC1)C(CCN)c1ccccc1. The zero-order chi connectivity index (χ0) is 13.7. The van der Waals surface area contributed by atoms with Gasteiger partial charge < -0.3 is 10.8 Å². The average Bonchev–Trinajstić information content (AvgIpc) is 2.83. The maximum Gasteiger partial charge on any atom is 0.0774 e. The Morgan fingerprint density at radius 3 is 2.47 bits per heavy atom. The van der Waals surface area contributed by atoms with Gasteiger partial charge in [-0.25, -0.2) is 0 Å². The van der Waals surface area contributed by atoms with Crippen molar-refractivity contribution in [3.8, 4) is 0 Å². The molecule has 1 atom stereocenters. The molecule has 0 saturated heterocycles. The summed E-state index contributed by atoms with van der Waals surface area (Å²) in [6.07, 6.45) is 5.09. The van der Waals surface area contributed by atoms with E-state index in [0.29, 0.717) is 12.6 Å². The zero-order valence-electron chi connectivity index (χ0n) is 11.9. The van der Waals surface area contributed by atoms with E-state index in [1.54, 1.807) is 0 Å². The summed E-state index contributed by atoms with van der Waals surface area (Å²) in [7, 11) is 2.10. The van der Waals surface area contributed by atoms with Crippen molar-refractivity contribution >= 4 is 0 Å². The Balaban J connectivity index is 2.06. The molecule has 1 fully saturated rings. The van der Waals surface area contributed by atoms with Crippen molar-refractivity contribution in [3.63, 3.8) is 0 Å². The summed E-state index contributed by atoms with van der Waals surface area (Å²) in [5.74, 6) is 0. The van der Waals surface area contributed by atoms with E-state index in [0.717, 1.165) is 38.6 Å². The molecule has 1 aliphatic carbocycles. The minimum atomic E-state index is -0.490. The van der Waals surface area contributed by atoms with Crippen LogP contribution in [-0.4, -0.2) is 35.7 Å². The minimum absolute atomic E-state index is 0.302. The van der Waals surface area contributed by atoms with E-state index in [1.807, 2.05) is 6.07 Å². The van der Waals surface area contributed by atoms with Crippen LogP contribution in [0, 0.1) is 0 Å². The number of benzene rings is 1. The van der Waals surface area contributed by atoms with E-state index < -0.39 is 5.60 Å². The predicted molar refractivity (Wildman–Crippen MR) is 78.9 cm³/mol. The maximum atomic E-state index is 10.6. The highest BCUT2D eigenvalue weighted by Crippen LogP contribution is 2.32. The first kappa shape index (κ1) is 14.5. The van der Waals surface area contributed by atoms with Gasteiger partial charge in [0.25, 0.3) is 0 Å². The molecule has 19 heavy (non-hydrogen) atoms. The van der Waals surface area contributed by atoms with E-state index in [9.17, 15) is 5.11 Å². The number of nitrogens with two attached hydrogens (primary N) is 1. The third-order valence-corrected chi connectivity index (χ3v) is 4.23. The van der Waals surface area contributed by atoms with Crippen molar-refractivity contribution in [2.24, 2.45) is 5.73 Å². The van der Waals surface area contributed by atoms with E-state index in [-0.39, 0.29) is 0 Å². The second kappa shape index (κ2) is 6.51. The molecule has 2 rings (SSSR count). The molecule has 3 N–H and O–H groups in total. The predicted octanol–water partition coefficient (Wildman–Crippen LogP) is 2.31. The second-order valence-electron chi connectivity index (χ2n) is 5.85. The molecule has 1 unspecified atom stereocenters. The number of hydrogen-bond donors (Lipinski definition) is 2. The lowest BCUT2D eigenvalue weighted by molar-refractivity contribution is 0.00418. The number of nitrogens with zero attached hydrogens (tertiary/aromatic N) is 1. The number of likely N-dealkylation sites (N-methyl/N-ethyl adjacent to an activating group) is 1. The number of aliphatic hydroxyl groups is 1. The van der Waals surface area contributed by atoms with Crippen molar-refractivity contribution in [3.05, 3.63) is 35.9 Å². The van der Waals surface area contributed by atoms with E-state index in [1.165, 1.54) is 5.56 Å². The van der Waals surface area contributed by atoms with Gasteiger partial charge in [-0.05, 0) is 38.4 Å². The van der Waals surface area contributed by atoms with Gasteiger partial charge in [0.15, 0.2) is 0 Å². The summed E-state index contributed by atoms with van der Waals surface area (Å²) in [6, 6.07) is 10.8. The van der Waals surface area contributed by atoms with Gasteiger partial charge in [0, 0.05) is 12.6 Å². The van der Waals surface area contributed by atoms with Gasteiger partial charge in [-0.2, -0.15) is 0 Å². The fourth-order valence-electron chi connectivity index (χ4n) is 3.24. The first-order valence-corrected chi connectivity index (χ1v) is 7.32. The molecule has 3 nitrogen and oxygen atoms in total. The highest BCUT2D eigenvalue weighted by molar-refractivity contribution is 5.19. The van der Waals surface area contributed by atoms with Crippen LogP contribution in [0.15, 0.2) is 30.3 Å². The van der Waals surface area contributed by atoms with Crippen molar-refractivity contribution in [1.82, 2.24) is 4.90 Å². The highest BCUT2D eigenvalue weighted by Gasteiger charge is 2.33. The van der Waals surface area contributed by atoms with Crippen LogP contribution in [-0.2, 0) is 0 Å². The van der Waals surface area contributed by atoms with Crippen molar-refractivity contribution in [2.75, 3.05) is 20.1 Å². The molecule has 0 spiro atoms. The fourth-order valence-corrected chi connectivity index (χ4v) is 3.24. The van der Waals surface area contributed by atoms with Crippen LogP contribution in [0.4, 0.5) is 0 Å². The van der Waals surface area contributed by atoms with Gasteiger partial charge in [0.05, 0.1) is 5.60 Å². The summed E-state index contributed by atoms with van der Waals surface area (Å²) in [5, 5.41) is 10.6. The van der Waals surface area contributed by atoms with Crippen LogP contribution < -0.4 is 5.73 Å². The quantitative estimate of drug-likeness (QED) is 0.827. The molecule has 0 heterocycles. The lowest BCUT2D eigenvalue weighted by Gasteiger charge is -2.34. The first-order valence-electron chi connectivity index (χ1n) is 7.32. The fraction of sp³-hybridized carbons (Fsp3) is 0.625. The summed E-state index contributed by atoms with van der Waals surface area (Å²) < 4.78 is 0. The Kier molecular flexibility index (Phi) is 4.97. The van der Waals surface area contributed by atoms with Crippen LogP contribution in [0.25, 0.3) is 0 Å². The minimum Gasteiger partial charge on any atom is -0.389 e. The second-order valence-corrected chi connectivity index (χ2v) is 5.85. The number of hydrogen-bond acceptors (Lipinski definition) is 3. The lowest BCUT2D eigenvalue weighted by atomic mass is 9.97. The smallest absolute Gasteiger partial charge is 0.0774 e. The molecule has 106 valence electrons. The topological polar surface area (TPSA) is 49.5 Å². The van der Waals surface area contributed by atoms with E-state index in [2.05, 4.69) is 36.2 Å². The zero-order valence-corrected chi connectivity index (χ0v) is 11.9. The maximum absolute atomic E-state index is 10.6. The monoisotopic (exact) mass is 262 g/mol.